The highest BCUT2D eigenvalue weighted by Gasteiger charge is 2.16. The SMILES string of the molecule is O=S(=O)(Cl)c1nccc2occc12. The molecule has 2 aromatic rings. The normalized spacial score (nSPS) is 12.1. The van der Waals surface area contributed by atoms with Crippen LogP contribution in [0.25, 0.3) is 11.0 Å². The minimum atomic E-state index is -3.80. The molecule has 2 rings (SSSR count). The fourth-order valence-electron chi connectivity index (χ4n) is 1.06. The number of nitrogens with zero attached hydrogens (tertiary/aromatic N) is 1. The summed E-state index contributed by atoms with van der Waals surface area (Å²) in [5.74, 6) is 0. The Hall–Kier alpha value is -1.07. The summed E-state index contributed by atoms with van der Waals surface area (Å²) in [4.78, 5) is 3.67. The van der Waals surface area contributed by atoms with E-state index < -0.39 is 9.05 Å². The molecule has 0 unspecified atom stereocenters. The lowest BCUT2D eigenvalue weighted by atomic mass is 10.3. The van der Waals surface area contributed by atoms with E-state index in [1.165, 1.54) is 18.5 Å². The molecule has 0 spiro atoms. The molecule has 0 N–H and O–H groups in total. The number of furan rings is 1. The van der Waals surface area contributed by atoms with Crippen LogP contribution in [0.2, 0.25) is 0 Å². The van der Waals surface area contributed by atoms with Crippen molar-refractivity contribution in [1.82, 2.24) is 4.98 Å². The zero-order valence-electron chi connectivity index (χ0n) is 6.27. The van der Waals surface area contributed by atoms with Gasteiger partial charge in [-0.3, -0.25) is 0 Å². The fourth-order valence-corrected chi connectivity index (χ4v) is 2.05. The van der Waals surface area contributed by atoms with Crippen LogP contribution in [0.3, 0.4) is 0 Å². The summed E-state index contributed by atoms with van der Waals surface area (Å²) in [6, 6.07) is 3.08. The minimum absolute atomic E-state index is 0.166. The third-order valence-corrected chi connectivity index (χ3v) is 2.80. The van der Waals surface area contributed by atoms with E-state index >= 15 is 0 Å². The Morgan fingerprint density at radius 2 is 2.15 bits per heavy atom. The molecule has 6 heteroatoms. The number of aromatic nitrogens is 1. The monoisotopic (exact) mass is 217 g/mol. The number of fused-ring (bicyclic) bond motifs is 1. The molecular weight excluding hydrogens is 214 g/mol. The smallest absolute Gasteiger partial charge is 0.279 e. The highest BCUT2D eigenvalue weighted by molar-refractivity contribution is 8.13. The maximum atomic E-state index is 11.0. The van der Waals surface area contributed by atoms with Gasteiger partial charge in [0, 0.05) is 16.9 Å². The molecule has 0 aromatic carbocycles. The first kappa shape index (κ1) is 8.52. The Bertz CT molecular complexity index is 546. The summed E-state index contributed by atoms with van der Waals surface area (Å²) >= 11 is 0. The van der Waals surface area contributed by atoms with Crippen molar-refractivity contribution in [1.29, 1.82) is 0 Å². The van der Waals surface area contributed by atoms with Gasteiger partial charge in [0.15, 0.2) is 5.03 Å². The van der Waals surface area contributed by atoms with Crippen LogP contribution in [-0.4, -0.2) is 13.4 Å². The van der Waals surface area contributed by atoms with Crippen LogP contribution < -0.4 is 0 Å². The summed E-state index contributed by atoms with van der Waals surface area (Å²) in [5, 5.41) is 0.234. The third-order valence-electron chi connectivity index (χ3n) is 1.57. The molecule has 0 amide bonds. The maximum absolute atomic E-state index is 11.0. The van der Waals surface area contributed by atoms with Crippen LogP contribution in [0.1, 0.15) is 0 Å². The van der Waals surface area contributed by atoms with Crippen molar-refractivity contribution >= 4 is 30.7 Å². The zero-order valence-corrected chi connectivity index (χ0v) is 7.84. The predicted molar refractivity (Wildman–Crippen MR) is 47.0 cm³/mol. The number of halogens is 1. The van der Waals surface area contributed by atoms with E-state index in [-0.39, 0.29) is 5.03 Å². The van der Waals surface area contributed by atoms with Crippen LogP contribution in [0.4, 0.5) is 0 Å². The van der Waals surface area contributed by atoms with Gasteiger partial charge in [-0.1, -0.05) is 0 Å². The van der Waals surface area contributed by atoms with Gasteiger partial charge in [0.1, 0.15) is 5.58 Å². The molecule has 0 aliphatic carbocycles. The van der Waals surface area contributed by atoms with Crippen molar-refractivity contribution < 1.29 is 12.8 Å². The molecule has 0 aliphatic rings. The molecule has 0 saturated heterocycles. The van der Waals surface area contributed by atoms with Gasteiger partial charge < -0.3 is 4.42 Å². The molecule has 4 nitrogen and oxygen atoms in total. The average Bonchev–Trinajstić information content (AvgIpc) is 2.48. The van der Waals surface area contributed by atoms with Gasteiger partial charge in [-0.2, -0.15) is 0 Å². The number of hydrogen-bond donors (Lipinski definition) is 0. The van der Waals surface area contributed by atoms with E-state index in [9.17, 15) is 8.42 Å². The summed E-state index contributed by atoms with van der Waals surface area (Å²) in [6.45, 7) is 0. The largest absolute Gasteiger partial charge is 0.464 e. The van der Waals surface area contributed by atoms with Crippen molar-refractivity contribution in [3.8, 4) is 0 Å². The highest BCUT2D eigenvalue weighted by Crippen LogP contribution is 2.23. The molecule has 2 heterocycles. The first-order chi connectivity index (χ1) is 6.09. The van der Waals surface area contributed by atoms with Crippen molar-refractivity contribution in [2.45, 2.75) is 5.03 Å². The topological polar surface area (TPSA) is 60.2 Å². The second kappa shape index (κ2) is 2.71. The van der Waals surface area contributed by atoms with Gasteiger partial charge in [-0.15, -0.1) is 0 Å². The molecule has 0 radical (unpaired) electrons. The fraction of sp³-hybridized carbons (Fsp3) is 0. The second-order valence-electron chi connectivity index (χ2n) is 2.39. The molecule has 0 atom stereocenters. The third kappa shape index (κ3) is 1.40. The Morgan fingerprint density at radius 1 is 1.38 bits per heavy atom. The molecular formula is C7H4ClNO3S. The van der Waals surface area contributed by atoms with Crippen LogP contribution >= 0.6 is 10.7 Å². The van der Waals surface area contributed by atoms with Crippen molar-refractivity contribution in [2.75, 3.05) is 0 Å². The number of pyridine rings is 1. The van der Waals surface area contributed by atoms with Gasteiger partial charge in [0.2, 0.25) is 0 Å². The summed E-state index contributed by atoms with van der Waals surface area (Å²) in [5.41, 5.74) is 0.453. The Balaban J connectivity index is 2.91. The van der Waals surface area contributed by atoms with Crippen LogP contribution in [0, 0.1) is 0 Å². The lowest BCUT2D eigenvalue weighted by Gasteiger charge is -1.94. The van der Waals surface area contributed by atoms with E-state index in [0.29, 0.717) is 11.0 Å². The maximum Gasteiger partial charge on any atom is 0.279 e. The molecule has 13 heavy (non-hydrogen) atoms. The van der Waals surface area contributed by atoms with E-state index in [1.807, 2.05) is 0 Å². The molecule has 0 saturated carbocycles. The summed E-state index contributed by atoms with van der Waals surface area (Å²) < 4.78 is 27.0. The molecule has 68 valence electrons. The molecule has 0 aliphatic heterocycles. The number of hydrogen-bond acceptors (Lipinski definition) is 4. The highest BCUT2D eigenvalue weighted by atomic mass is 35.7. The van der Waals surface area contributed by atoms with Gasteiger partial charge in [0.05, 0.1) is 11.6 Å². The second-order valence-corrected chi connectivity index (χ2v) is 4.87. The summed E-state index contributed by atoms with van der Waals surface area (Å²) in [6.07, 6.45) is 2.72. The van der Waals surface area contributed by atoms with E-state index in [4.69, 9.17) is 15.1 Å². The molecule has 0 bridgehead atoms. The zero-order chi connectivity index (χ0) is 9.47. The van der Waals surface area contributed by atoms with Gasteiger partial charge in [-0.25, -0.2) is 13.4 Å². The molecule has 2 aromatic heterocycles. The standard InChI is InChI=1S/C7H4ClNO3S/c8-13(10,11)7-5-2-4-12-6(5)1-3-9-7/h1-4H. The van der Waals surface area contributed by atoms with E-state index in [0.717, 1.165) is 0 Å². The van der Waals surface area contributed by atoms with E-state index in [1.54, 1.807) is 6.07 Å². The Kier molecular flexibility index (Phi) is 1.78. The lowest BCUT2D eigenvalue weighted by Crippen LogP contribution is -1.94. The number of rotatable bonds is 1. The Labute approximate surface area is 78.6 Å². The van der Waals surface area contributed by atoms with Crippen LogP contribution in [0.5, 0.6) is 0 Å². The van der Waals surface area contributed by atoms with Crippen LogP contribution in [0.15, 0.2) is 34.0 Å². The van der Waals surface area contributed by atoms with Crippen molar-refractivity contribution in [2.24, 2.45) is 0 Å². The predicted octanol–water partition coefficient (Wildman–Crippen LogP) is 1.76. The average molecular weight is 218 g/mol. The minimum Gasteiger partial charge on any atom is -0.464 e. The quantitative estimate of drug-likeness (QED) is 0.683. The first-order valence-corrected chi connectivity index (χ1v) is 5.67. The van der Waals surface area contributed by atoms with Gasteiger partial charge >= 0.3 is 0 Å². The van der Waals surface area contributed by atoms with Crippen LogP contribution in [-0.2, 0) is 9.05 Å². The van der Waals surface area contributed by atoms with Crippen molar-refractivity contribution in [3.63, 3.8) is 0 Å². The van der Waals surface area contributed by atoms with E-state index in [2.05, 4.69) is 4.98 Å². The first-order valence-electron chi connectivity index (χ1n) is 3.36. The summed E-state index contributed by atoms with van der Waals surface area (Å²) in [7, 11) is 1.36. The molecule has 0 fully saturated rings. The van der Waals surface area contributed by atoms with Gasteiger partial charge in [-0.05, 0) is 12.1 Å². The van der Waals surface area contributed by atoms with Crippen molar-refractivity contribution in [3.05, 3.63) is 24.6 Å². The van der Waals surface area contributed by atoms with Gasteiger partial charge in [0.25, 0.3) is 9.05 Å². The lowest BCUT2D eigenvalue weighted by molar-refractivity contribution is 0.604. The Morgan fingerprint density at radius 3 is 2.85 bits per heavy atom.